The lowest BCUT2D eigenvalue weighted by Crippen LogP contribution is -2.66. The summed E-state index contributed by atoms with van der Waals surface area (Å²) in [6.07, 6.45) is -14.0. The van der Waals surface area contributed by atoms with E-state index in [0.717, 1.165) is 6.21 Å². The molecule has 49 heavy (non-hydrogen) atoms. The fourth-order valence-corrected chi connectivity index (χ4v) is 5.86. The van der Waals surface area contributed by atoms with Crippen molar-refractivity contribution in [2.75, 3.05) is 13.7 Å². The fraction of sp³-hybridized carbons (Fsp3) is 0.667. The minimum absolute atomic E-state index is 0.201. The lowest BCUT2D eigenvalue weighted by molar-refractivity contribution is -0.313. The number of carbonyl (C=O) groups excluding carboxylic acids is 1. The van der Waals surface area contributed by atoms with E-state index in [1.165, 1.54) is 38.5 Å². The van der Waals surface area contributed by atoms with E-state index in [1.807, 2.05) is 0 Å². The van der Waals surface area contributed by atoms with Gasteiger partial charge < -0.3 is 82.9 Å². The Balaban J connectivity index is 1.71. The highest BCUT2D eigenvalue weighted by atomic mass is 16.8. The predicted molar refractivity (Wildman–Crippen MR) is 167 cm³/mol. The van der Waals surface area contributed by atoms with Crippen LogP contribution in [0.3, 0.4) is 0 Å². The molecule has 0 spiro atoms. The second-order valence-corrected chi connectivity index (χ2v) is 11.7. The number of nitrogens with one attached hydrogen (secondary N) is 2. The number of rotatable bonds is 11. The zero-order valence-corrected chi connectivity index (χ0v) is 26.4. The number of aliphatic hydroxyl groups is 7. The van der Waals surface area contributed by atoms with E-state index in [1.54, 1.807) is 0 Å². The normalized spacial score (nSPS) is 40.9. The highest BCUT2D eigenvalue weighted by Gasteiger charge is 2.60. The number of pyridine rings is 1. The van der Waals surface area contributed by atoms with Crippen LogP contribution in [0.4, 0.5) is 0 Å². The maximum absolute atomic E-state index is 12.6. The Morgan fingerprint density at radius 2 is 1.57 bits per heavy atom. The molecule has 1 aromatic rings. The highest BCUT2D eigenvalue weighted by Crippen LogP contribution is 2.38. The third-order valence-electron chi connectivity index (χ3n) is 8.53. The standard InChI is InChI=1S/C27H44N10O12/c1-9-27(45,8-34-37-22(44)10-3-5-33-6-4-10)21(49-23-14(32-2)18(42)15(39)11(7-38)47-23)24(46-9)48-20-13(36-26(30)31)16(40)12(35-25(28)29)17(41)19(20)43/h3-6,8-9,11-21,23-24,32,38-43,45H,7H2,1-2H3,(H,37,44)(H4,28,29,35)(H4,30,31,36)/b34-8-. The van der Waals surface area contributed by atoms with E-state index < -0.39 is 116 Å². The molecule has 0 bridgehead atoms. The van der Waals surface area contributed by atoms with Crippen LogP contribution in [0.25, 0.3) is 0 Å². The van der Waals surface area contributed by atoms with Crippen LogP contribution in [-0.2, 0) is 18.9 Å². The summed E-state index contributed by atoms with van der Waals surface area (Å²) in [5.74, 6) is -1.71. The molecule has 22 heteroatoms. The van der Waals surface area contributed by atoms with Crippen molar-refractivity contribution in [1.29, 1.82) is 0 Å². The number of carbonyl (C=O) groups is 1. The van der Waals surface area contributed by atoms with Gasteiger partial charge in [-0.1, -0.05) is 0 Å². The molecule has 2 aliphatic heterocycles. The molecule has 15 atom stereocenters. The molecule has 3 heterocycles. The number of hydrogen-bond donors (Lipinski definition) is 13. The molecule has 0 radical (unpaired) electrons. The van der Waals surface area contributed by atoms with Crippen molar-refractivity contribution in [3.63, 3.8) is 0 Å². The molecule has 22 nitrogen and oxygen atoms in total. The van der Waals surface area contributed by atoms with Crippen LogP contribution in [-0.4, -0.2) is 170 Å². The summed E-state index contributed by atoms with van der Waals surface area (Å²) in [6.45, 7) is 0.673. The molecule has 0 aromatic carbocycles. The number of guanidine groups is 2. The van der Waals surface area contributed by atoms with Gasteiger partial charge in [0.2, 0.25) is 0 Å². The third-order valence-corrected chi connectivity index (χ3v) is 8.53. The Labute approximate surface area is 279 Å². The average Bonchev–Trinajstić information content (AvgIpc) is 3.29. The quantitative estimate of drug-likeness (QED) is 0.0579. The summed E-state index contributed by atoms with van der Waals surface area (Å²) in [5, 5.41) is 82.7. The Kier molecular flexibility index (Phi) is 12.4. The van der Waals surface area contributed by atoms with Gasteiger partial charge >= 0.3 is 0 Å². The summed E-state index contributed by atoms with van der Waals surface area (Å²) in [4.78, 5) is 24.2. The highest BCUT2D eigenvalue weighted by molar-refractivity contribution is 5.94. The summed E-state index contributed by atoms with van der Waals surface area (Å²) < 4.78 is 23.8. The van der Waals surface area contributed by atoms with Gasteiger partial charge in [0.15, 0.2) is 30.1 Å². The number of aromatic nitrogens is 1. The molecular formula is C27H44N10O12. The maximum Gasteiger partial charge on any atom is 0.271 e. The topological polar surface area (TPSA) is 374 Å². The number of aliphatic hydroxyl groups excluding tert-OH is 6. The molecule has 1 amide bonds. The van der Waals surface area contributed by atoms with Crippen LogP contribution in [0, 0.1) is 0 Å². The first-order valence-corrected chi connectivity index (χ1v) is 15.1. The smallest absolute Gasteiger partial charge is 0.271 e. The molecule has 1 aromatic heterocycles. The largest absolute Gasteiger partial charge is 0.394 e. The van der Waals surface area contributed by atoms with Crippen molar-refractivity contribution in [3.8, 4) is 0 Å². The number of nitrogens with zero attached hydrogens (tertiary/aromatic N) is 4. The maximum atomic E-state index is 12.6. The molecule has 1 aliphatic carbocycles. The minimum Gasteiger partial charge on any atom is -0.394 e. The third kappa shape index (κ3) is 8.06. The van der Waals surface area contributed by atoms with Crippen LogP contribution >= 0.6 is 0 Å². The van der Waals surface area contributed by atoms with E-state index in [4.69, 9.17) is 41.9 Å². The van der Waals surface area contributed by atoms with Crippen LogP contribution in [0.2, 0.25) is 0 Å². The number of amides is 1. The van der Waals surface area contributed by atoms with E-state index in [9.17, 15) is 40.5 Å². The monoisotopic (exact) mass is 700 g/mol. The van der Waals surface area contributed by atoms with E-state index >= 15 is 0 Å². The average molecular weight is 701 g/mol. The van der Waals surface area contributed by atoms with Crippen molar-refractivity contribution >= 4 is 24.0 Å². The van der Waals surface area contributed by atoms with E-state index in [2.05, 4.69) is 30.8 Å². The van der Waals surface area contributed by atoms with Crippen LogP contribution in [0.1, 0.15) is 17.3 Å². The number of ether oxygens (including phenoxy) is 4. The molecule has 1 saturated carbocycles. The first-order chi connectivity index (χ1) is 23.1. The van der Waals surface area contributed by atoms with E-state index in [-0.39, 0.29) is 5.56 Å². The second kappa shape index (κ2) is 15.9. The Morgan fingerprint density at radius 1 is 0.939 bits per heavy atom. The minimum atomic E-state index is -2.28. The van der Waals surface area contributed by atoms with Crippen molar-refractivity contribution in [3.05, 3.63) is 30.1 Å². The number of hydrogen-bond acceptors (Lipinski definition) is 17. The second-order valence-electron chi connectivity index (χ2n) is 11.7. The van der Waals surface area contributed by atoms with Crippen LogP contribution in [0.5, 0.6) is 0 Å². The zero-order chi connectivity index (χ0) is 36.2. The molecule has 2 saturated heterocycles. The molecule has 3 fully saturated rings. The van der Waals surface area contributed by atoms with Crippen LogP contribution in [0.15, 0.2) is 39.6 Å². The van der Waals surface area contributed by atoms with Gasteiger partial charge in [0.25, 0.3) is 5.91 Å². The molecule has 15 unspecified atom stereocenters. The molecule has 3 aliphatic rings. The summed E-state index contributed by atoms with van der Waals surface area (Å²) in [7, 11) is 1.43. The molecule has 4 rings (SSSR count). The van der Waals surface area contributed by atoms with Crippen molar-refractivity contribution in [2.24, 2.45) is 38.0 Å². The summed E-state index contributed by atoms with van der Waals surface area (Å²) in [6, 6.07) is -1.32. The lowest BCUT2D eigenvalue weighted by atomic mass is 9.81. The first-order valence-electron chi connectivity index (χ1n) is 15.1. The number of aliphatic imine (C=N–C) groups is 2. The van der Waals surface area contributed by atoms with Gasteiger partial charge in [0.1, 0.15) is 60.9 Å². The molecule has 17 N–H and O–H groups in total. The zero-order valence-electron chi connectivity index (χ0n) is 26.4. The number of nitrogens with two attached hydrogens (primary N) is 4. The summed E-state index contributed by atoms with van der Waals surface area (Å²) >= 11 is 0. The van der Waals surface area contributed by atoms with Gasteiger partial charge in [-0.2, -0.15) is 5.10 Å². The number of hydrazone groups is 1. The lowest BCUT2D eigenvalue weighted by Gasteiger charge is -2.45. The Bertz CT molecular complexity index is 1350. The van der Waals surface area contributed by atoms with Crippen molar-refractivity contribution < 1.29 is 59.5 Å². The van der Waals surface area contributed by atoms with Crippen LogP contribution < -0.4 is 33.7 Å². The van der Waals surface area contributed by atoms with Crippen molar-refractivity contribution in [1.82, 2.24) is 15.7 Å². The SMILES string of the molecule is CNC1C(OC2C(OC3C(O)C(O)C(N=C(N)N)C(O)C3N=C(N)N)OC(C)C2(O)/C=N\NC(=O)c2ccncc2)OC(CO)C(O)C1O. The van der Waals surface area contributed by atoms with Gasteiger partial charge in [-0.25, -0.2) is 15.4 Å². The van der Waals surface area contributed by atoms with Gasteiger partial charge in [-0.05, 0) is 26.1 Å². The Morgan fingerprint density at radius 3 is 2.16 bits per heavy atom. The number of likely N-dealkylation sites (N-methyl/N-ethyl adjacent to an activating group) is 1. The fourth-order valence-electron chi connectivity index (χ4n) is 5.86. The van der Waals surface area contributed by atoms with Gasteiger partial charge in [-0.15, -0.1) is 0 Å². The van der Waals surface area contributed by atoms with Gasteiger partial charge in [0, 0.05) is 18.0 Å². The van der Waals surface area contributed by atoms with Crippen molar-refractivity contribution in [2.45, 2.75) is 98.2 Å². The predicted octanol–water partition coefficient (Wildman–Crippen LogP) is -7.55. The first kappa shape index (κ1) is 38.2. The van der Waals surface area contributed by atoms with Gasteiger partial charge in [0.05, 0.1) is 25.0 Å². The van der Waals surface area contributed by atoms with E-state index in [0.29, 0.717) is 0 Å². The Hall–Kier alpha value is -3.65. The van der Waals surface area contributed by atoms with Gasteiger partial charge in [-0.3, -0.25) is 9.78 Å². The molecule has 274 valence electrons. The summed E-state index contributed by atoms with van der Waals surface area (Å²) in [5.41, 5.74) is 22.3. The molecular weight excluding hydrogens is 656 g/mol.